The van der Waals surface area contributed by atoms with E-state index in [1.165, 1.54) is 39.5 Å². The van der Waals surface area contributed by atoms with Crippen molar-refractivity contribution < 1.29 is 4.57 Å². The zero-order valence-electron chi connectivity index (χ0n) is 16.7. The third-order valence-electron chi connectivity index (χ3n) is 5.40. The Morgan fingerprint density at radius 2 is 2.00 bits per heavy atom. The van der Waals surface area contributed by atoms with Crippen LogP contribution in [0, 0.1) is 0 Å². The van der Waals surface area contributed by atoms with Crippen LogP contribution in [0.4, 0.5) is 0 Å². The number of allylic oxidation sites excluding steroid dienone is 1. The molecule has 0 bridgehead atoms. The number of thioether (sulfide) groups is 1. The van der Waals surface area contributed by atoms with Crippen LogP contribution in [0.1, 0.15) is 58.4 Å². The van der Waals surface area contributed by atoms with Crippen molar-refractivity contribution in [3.8, 4) is 0 Å². The predicted octanol–water partition coefficient (Wildman–Crippen LogP) is 6.00. The van der Waals surface area contributed by atoms with Crippen molar-refractivity contribution in [1.29, 1.82) is 0 Å². The van der Waals surface area contributed by atoms with Crippen LogP contribution in [0.25, 0.3) is 10.2 Å². The lowest BCUT2D eigenvalue weighted by molar-refractivity contribution is -0.670. The molecule has 0 radical (unpaired) electrons. The Hall–Kier alpha value is -1.00. The van der Waals surface area contributed by atoms with E-state index in [-0.39, 0.29) is 0 Å². The van der Waals surface area contributed by atoms with Gasteiger partial charge in [-0.15, -0.1) is 11.8 Å². The highest BCUT2D eigenvalue weighted by molar-refractivity contribution is 8.03. The lowest BCUT2D eigenvalue weighted by atomic mass is 10.1. The Bertz CT molecular complexity index is 750. The van der Waals surface area contributed by atoms with Crippen molar-refractivity contribution >= 4 is 33.3 Å². The van der Waals surface area contributed by atoms with E-state index in [1.807, 2.05) is 11.3 Å². The van der Waals surface area contributed by atoms with Crippen LogP contribution in [0.15, 0.2) is 35.4 Å². The normalized spacial score (nSPS) is 22.0. The van der Waals surface area contributed by atoms with Gasteiger partial charge in [0, 0.05) is 30.3 Å². The monoisotopic (exact) mass is 389 g/mol. The molecule has 2 heterocycles. The predicted molar refractivity (Wildman–Crippen MR) is 117 cm³/mol. The molecule has 2 aromatic rings. The number of rotatable bonds is 8. The maximum Gasteiger partial charge on any atom is 0.238 e. The number of hydrogen-bond donors (Lipinski definition) is 0. The van der Waals surface area contributed by atoms with Crippen molar-refractivity contribution in [3.05, 3.63) is 40.4 Å². The minimum atomic E-state index is 0.720. The highest BCUT2D eigenvalue weighted by Crippen LogP contribution is 2.40. The first-order valence-electron chi connectivity index (χ1n) is 10.2. The first-order chi connectivity index (χ1) is 12.7. The molecule has 1 saturated heterocycles. The van der Waals surface area contributed by atoms with E-state index in [0.29, 0.717) is 0 Å². The van der Waals surface area contributed by atoms with Crippen molar-refractivity contribution in [2.24, 2.45) is 0 Å². The van der Waals surface area contributed by atoms with Gasteiger partial charge < -0.3 is 4.90 Å². The van der Waals surface area contributed by atoms with E-state index in [9.17, 15) is 0 Å². The van der Waals surface area contributed by atoms with Gasteiger partial charge in [-0.2, -0.15) is 4.57 Å². The fourth-order valence-electron chi connectivity index (χ4n) is 4.05. The van der Waals surface area contributed by atoms with Gasteiger partial charge >= 0.3 is 0 Å². The van der Waals surface area contributed by atoms with Crippen LogP contribution >= 0.6 is 23.1 Å². The molecule has 0 spiro atoms. The molecule has 2 unspecified atom stereocenters. The van der Waals surface area contributed by atoms with Crippen molar-refractivity contribution in [2.45, 2.75) is 77.6 Å². The number of benzene rings is 1. The molecule has 142 valence electrons. The number of unbranched alkanes of at least 4 members (excludes halogenated alkanes) is 1. The molecule has 3 rings (SSSR count). The maximum atomic E-state index is 2.66. The topological polar surface area (TPSA) is 7.12 Å². The number of para-hydroxylation sites is 1. The van der Waals surface area contributed by atoms with E-state index in [0.717, 1.165) is 37.2 Å². The summed E-state index contributed by atoms with van der Waals surface area (Å²) in [6, 6.07) is 9.53. The average Bonchev–Trinajstić information content (AvgIpc) is 3.16. The summed E-state index contributed by atoms with van der Waals surface area (Å²) in [5.41, 5.74) is 1.39. The second-order valence-corrected chi connectivity index (χ2v) is 9.62. The minimum absolute atomic E-state index is 0.720. The van der Waals surface area contributed by atoms with Crippen LogP contribution < -0.4 is 4.57 Å². The van der Waals surface area contributed by atoms with E-state index in [1.54, 1.807) is 0 Å². The molecule has 2 atom stereocenters. The third-order valence-corrected chi connectivity index (χ3v) is 7.96. The van der Waals surface area contributed by atoms with E-state index in [4.69, 9.17) is 0 Å². The highest BCUT2D eigenvalue weighted by Gasteiger charge is 2.33. The zero-order valence-corrected chi connectivity index (χ0v) is 18.3. The Kier molecular flexibility index (Phi) is 7.05. The molecule has 0 N–H and O–H groups in total. The summed E-state index contributed by atoms with van der Waals surface area (Å²) in [7, 11) is 0. The molecule has 0 amide bonds. The fraction of sp³-hybridized carbons (Fsp3) is 0.591. The molecular formula is C22H33N2S2+. The van der Waals surface area contributed by atoms with E-state index < -0.39 is 0 Å². The largest absolute Gasteiger partial charge is 0.363 e. The quantitative estimate of drug-likeness (QED) is 0.511. The van der Waals surface area contributed by atoms with Crippen LogP contribution in [0.5, 0.6) is 0 Å². The number of nitrogens with zero attached hydrogens (tertiary/aromatic N) is 2. The van der Waals surface area contributed by atoms with Gasteiger partial charge in [-0.1, -0.05) is 56.2 Å². The zero-order chi connectivity index (χ0) is 18.5. The van der Waals surface area contributed by atoms with Crippen LogP contribution in [-0.2, 0) is 13.0 Å². The van der Waals surface area contributed by atoms with Gasteiger partial charge in [-0.05, 0) is 32.8 Å². The van der Waals surface area contributed by atoms with Gasteiger partial charge in [0.05, 0.1) is 5.03 Å². The Morgan fingerprint density at radius 1 is 1.19 bits per heavy atom. The van der Waals surface area contributed by atoms with Gasteiger partial charge in [0.15, 0.2) is 0 Å². The average molecular weight is 390 g/mol. The molecule has 1 aromatic heterocycles. The number of thiazole rings is 1. The van der Waals surface area contributed by atoms with Crippen LogP contribution in [0.3, 0.4) is 0 Å². The fourth-order valence-corrected chi connectivity index (χ4v) is 6.72. The summed E-state index contributed by atoms with van der Waals surface area (Å²) in [6.07, 6.45) is 8.76. The summed E-state index contributed by atoms with van der Waals surface area (Å²) < 4.78 is 3.90. The molecule has 26 heavy (non-hydrogen) atoms. The Morgan fingerprint density at radius 3 is 2.73 bits per heavy atom. The van der Waals surface area contributed by atoms with Crippen molar-refractivity contribution in [2.75, 3.05) is 6.54 Å². The molecular weight excluding hydrogens is 356 g/mol. The number of aromatic nitrogens is 1. The standard InChI is InChI=1S/C22H33N2S2/c1-5-8-12-18-17(4)25-21(23(18)6-2)15-11-16-22-24(7-3)19-13-9-10-14-20(19)26-22/h9-10,13-15,17-18H,5-8,11-12,16H2,1-4H3/q+1. The summed E-state index contributed by atoms with van der Waals surface area (Å²) in [4.78, 5) is 2.66. The molecule has 1 fully saturated rings. The first-order valence-corrected chi connectivity index (χ1v) is 11.9. The molecule has 1 aromatic carbocycles. The van der Waals surface area contributed by atoms with Crippen molar-refractivity contribution in [3.63, 3.8) is 0 Å². The Balaban J connectivity index is 1.70. The second-order valence-electron chi connectivity index (χ2n) is 7.11. The lowest BCUT2D eigenvalue weighted by Crippen LogP contribution is -2.34. The van der Waals surface area contributed by atoms with E-state index >= 15 is 0 Å². The SMILES string of the molecule is CCCCC1C(C)SC(=CCCc2sc3ccccc3[n+]2CC)N1CC. The van der Waals surface area contributed by atoms with Gasteiger partial charge in [0.2, 0.25) is 10.5 Å². The molecule has 1 aliphatic rings. The minimum Gasteiger partial charge on any atom is -0.363 e. The van der Waals surface area contributed by atoms with Gasteiger partial charge in [0.25, 0.3) is 0 Å². The summed E-state index contributed by atoms with van der Waals surface area (Å²) in [6.45, 7) is 11.5. The summed E-state index contributed by atoms with van der Waals surface area (Å²) in [5, 5.41) is 3.75. The molecule has 2 nitrogen and oxygen atoms in total. The first kappa shape index (κ1) is 19.8. The van der Waals surface area contributed by atoms with E-state index in [2.05, 4.69) is 79.3 Å². The van der Waals surface area contributed by atoms with Crippen molar-refractivity contribution in [1.82, 2.24) is 4.90 Å². The second kappa shape index (κ2) is 9.27. The lowest BCUT2D eigenvalue weighted by Gasteiger charge is -2.27. The number of fused-ring (bicyclic) bond motifs is 1. The summed E-state index contributed by atoms with van der Waals surface area (Å²) in [5.74, 6) is 0. The maximum absolute atomic E-state index is 2.66. The van der Waals surface area contributed by atoms with Crippen LogP contribution in [-0.4, -0.2) is 22.7 Å². The molecule has 1 aliphatic heterocycles. The molecule has 4 heteroatoms. The smallest absolute Gasteiger partial charge is 0.238 e. The van der Waals surface area contributed by atoms with Gasteiger partial charge in [0.1, 0.15) is 11.2 Å². The Labute approximate surface area is 167 Å². The van der Waals surface area contributed by atoms with Gasteiger partial charge in [-0.3, -0.25) is 0 Å². The highest BCUT2D eigenvalue weighted by atomic mass is 32.2. The van der Waals surface area contributed by atoms with Gasteiger partial charge in [-0.25, -0.2) is 0 Å². The third kappa shape index (κ3) is 4.12. The molecule has 0 saturated carbocycles. The summed E-state index contributed by atoms with van der Waals surface area (Å²) >= 11 is 4.05. The molecule has 0 aliphatic carbocycles. The number of aryl methyl sites for hydroxylation is 2. The number of hydrogen-bond acceptors (Lipinski definition) is 3. The van der Waals surface area contributed by atoms with Crippen LogP contribution in [0.2, 0.25) is 0 Å².